The Bertz CT molecular complexity index is 3490. The first-order valence-corrected chi connectivity index (χ1v) is 30.2. The average Bonchev–Trinajstić information content (AvgIpc) is 2.95. The monoisotopic (exact) mass is 1230 g/mol. The van der Waals surface area contributed by atoms with Gasteiger partial charge in [0.15, 0.2) is 0 Å². The van der Waals surface area contributed by atoms with Crippen LogP contribution in [0.5, 0.6) is 0 Å². The van der Waals surface area contributed by atoms with E-state index < -0.39 is 11.2 Å². The van der Waals surface area contributed by atoms with Crippen molar-refractivity contribution in [3.8, 4) is 33.8 Å². The van der Waals surface area contributed by atoms with Crippen molar-refractivity contribution in [2.45, 2.75) is 71.7 Å². The standard InChI is InChI=1S/C24H29N5O2.C19H21N5.C18H24N4O2.C6H6ClN.ClH/c1-24(2,3)31-23(30)28-15-13-27(14-16-28)21-18-29(17-20-11-7-8-12-25-20)26-22(21)19-9-5-4-6-10-19;1-2-6-16(7-3-1)19-18(23-12-10-20-11-13-23)15-24(22-19)14-17-8-4-5-9-21-17;1-18(2,3)24-17(23)22-11-9-21(10-12-22)15-13-19-20-16(15)14-7-5-4-6-8-14;7-5-6-3-1-2-4-8-6;/h4-12,18H,13-17H2,1-3H3;1-9,15,20H,10-14H2;4-8,13H,9-12H2,1-3H3,(H,19,20);1-4H,5H2;1H. The number of carbonyl (C=O) groups excluding carboxylic acids is 2. The van der Waals surface area contributed by atoms with Crippen molar-refractivity contribution < 1.29 is 19.1 Å². The van der Waals surface area contributed by atoms with Crippen LogP contribution in [0.15, 0.2) is 183 Å². The highest BCUT2D eigenvalue weighted by molar-refractivity contribution is 6.16. The molecule has 3 aliphatic heterocycles. The summed E-state index contributed by atoms with van der Waals surface area (Å²) in [5, 5.41) is 20.5. The van der Waals surface area contributed by atoms with Crippen molar-refractivity contribution in [1.82, 2.24) is 59.8 Å². The van der Waals surface area contributed by atoms with Gasteiger partial charge in [0.05, 0.1) is 65.0 Å². The minimum absolute atomic E-state index is 0. The zero-order chi connectivity index (χ0) is 61.0. The van der Waals surface area contributed by atoms with Crippen LogP contribution in [0.1, 0.15) is 58.6 Å². The molecule has 462 valence electrons. The zero-order valence-corrected chi connectivity index (χ0v) is 52.7. The highest BCUT2D eigenvalue weighted by atomic mass is 35.5. The number of H-pyrrole nitrogens is 1. The van der Waals surface area contributed by atoms with E-state index in [1.165, 1.54) is 5.69 Å². The van der Waals surface area contributed by atoms with Gasteiger partial charge < -0.3 is 39.3 Å². The molecule has 3 fully saturated rings. The fourth-order valence-corrected chi connectivity index (χ4v) is 10.2. The minimum Gasteiger partial charge on any atom is -0.444 e. The number of amides is 2. The number of nitrogens with one attached hydrogen (secondary N) is 2. The summed E-state index contributed by atoms with van der Waals surface area (Å²) in [5.74, 6) is 0.501. The molecule has 12 rings (SSSR count). The molecule has 0 atom stereocenters. The van der Waals surface area contributed by atoms with Gasteiger partial charge in [0.1, 0.15) is 22.6 Å². The summed E-state index contributed by atoms with van der Waals surface area (Å²) in [6.07, 6.45) is 11.0. The van der Waals surface area contributed by atoms with Crippen LogP contribution in [-0.4, -0.2) is 156 Å². The maximum atomic E-state index is 12.4. The van der Waals surface area contributed by atoms with Gasteiger partial charge in [-0.3, -0.25) is 29.4 Å². The number of ether oxygens (including phenoxy) is 2. The molecule has 2 amide bonds. The highest BCUT2D eigenvalue weighted by Gasteiger charge is 2.30. The van der Waals surface area contributed by atoms with Gasteiger partial charge in [-0.15, -0.1) is 24.0 Å². The molecule has 88 heavy (non-hydrogen) atoms. The molecule has 3 aromatic carbocycles. The van der Waals surface area contributed by atoms with Gasteiger partial charge in [-0.05, 0) is 77.9 Å². The zero-order valence-electron chi connectivity index (χ0n) is 51.2. The first-order chi connectivity index (χ1) is 42.2. The number of anilines is 3. The van der Waals surface area contributed by atoms with Gasteiger partial charge in [-0.2, -0.15) is 15.3 Å². The maximum Gasteiger partial charge on any atom is 0.410 e. The highest BCUT2D eigenvalue weighted by Crippen LogP contribution is 2.33. The molecule has 0 bridgehead atoms. The number of halogens is 2. The molecule has 2 N–H and O–H groups in total. The summed E-state index contributed by atoms with van der Waals surface area (Å²) in [7, 11) is 0. The summed E-state index contributed by atoms with van der Waals surface area (Å²) in [6, 6.07) is 48.4. The smallest absolute Gasteiger partial charge is 0.410 e. The normalized spacial score (nSPS) is 14.2. The van der Waals surface area contributed by atoms with Gasteiger partial charge in [-0.25, -0.2) is 9.59 Å². The lowest BCUT2D eigenvalue weighted by Crippen LogP contribution is -2.50. The van der Waals surface area contributed by atoms with E-state index in [2.05, 4.69) is 106 Å². The summed E-state index contributed by atoms with van der Waals surface area (Å²) in [4.78, 5) is 47.9. The molecule has 0 saturated carbocycles. The summed E-state index contributed by atoms with van der Waals surface area (Å²) in [5.41, 5.74) is 11.7. The fourth-order valence-electron chi connectivity index (χ4n) is 10.00. The Morgan fingerprint density at radius 1 is 0.477 bits per heavy atom. The van der Waals surface area contributed by atoms with Crippen molar-refractivity contribution in [1.29, 1.82) is 0 Å². The number of pyridine rings is 3. The molecule has 3 aliphatic rings. The van der Waals surface area contributed by atoms with E-state index in [0.717, 1.165) is 115 Å². The number of hydrogen-bond donors (Lipinski definition) is 2. The van der Waals surface area contributed by atoms with E-state index in [1.807, 2.05) is 160 Å². The number of aromatic amines is 1. The molecular weight excluding hydrogens is 1150 g/mol. The Morgan fingerprint density at radius 3 is 1.23 bits per heavy atom. The maximum absolute atomic E-state index is 12.4. The van der Waals surface area contributed by atoms with Crippen molar-refractivity contribution in [3.63, 3.8) is 0 Å². The van der Waals surface area contributed by atoms with Gasteiger partial charge in [0, 0.05) is 126 Å². The molecule has 0 unspecified atom stereocenters. The van der Waals surface area contributed by atoms with Crippen LogP contribution >= 0.6 is 24.0 Å². The fraction of sp³-hybridized carbons (Fsp3) is 0.343. The van der Waals surface area contributed by atoms with Crippen LogP contribution in [0.4, 0.5) is 26.7 Å². The third-order valence-electron chi connectivity index (χ3n) is 14.2. The summed E-state index contributed by atoms with van der Waals surface area (Å²) in [6.45, 7) is 22.2. The predicted octanol–water partition coefficient (Wildman–Crippen LogP) is 11.8. The van der Waals surface area contributed by atoms with Crippen molar-refractivity contribution in [3.05, 3.63) is 200 Å². The van der Waals surface area contributed by atoms with Crippen molar-refractivity contribution in [2.24, 2.45) is 0 Å². The second-order valence-corrected chi connectivity index (χ2v) is 23.4. The number of rotatable bonds is 11. The number of piperazine rings is 3. The first-order valence-electron chi connectivity index (χ1n) is 29.7. The van der Waals surface area contributed by atoms with Gasteiger partial charge in [-0.1, -0.05) is 109 Å². The number of alkyl halides is 1. The number of benzene rings is 3. The van der Waals surface area contributed by atoms with E-state index >= 15 is 0 Å². The number of hydrogen-bond acceptors (Lipinski definition) is 14. The Kier molecular flexibility index (Phi) is 23.5. The van der Waals surface area contributed by atoms with E-state index in [4.69, 9.17) is 31.3 Å². The molecular formula is C67H81Cl2N15O4. The van der Waals surface area contributed by atoms with E-state index in [9.17, 15) is 9.59 Å². The largest absolute Gasteiger partial charge is 0.444 e. The molecule has 9 aromatic rings. The van der Waals surface area contributed by atoms with Crippen LogP contribution < -0.4 is 20.0 Å². The van der Waals surface area contributed by atoms with Crippen LogP contribution in [0.3, 0.4) is 0 Å². The van der Waals surface area contributed by atoms with Crippen LogP contribution in [-0.2, 0) is 28.4 Å². The van der Waals surface area contributed by atoms with Crippen LogP contribution in [0.25, 0.3) is 33.8 Å². The molecule has 0 spiro atoms. The lowest BCUT2D eigenvalue weighted by atomic mass is 10.1. The Morgan fingerprint density at radius 2 is 0.852 bits per heavy atom. The molecule has 9 heterocycles. The molecule has 0 radical (unpaired) electrons. The molecule has 3 saturated heterocycles. The number of carbonyl (C=O) groups is 2. The Balaban J connectivity index is 0.000000161. The topological polar surface area (TPSA) is 184 Å². The lowest BCUT2D eigenvalue weighted by molar-refractivity contribution is 0.0230. The lowest BCUT2D eigenvalue weighted by Gasteiger charge is -2.36. The molecule has 0 aliphatic carbocycles. The third kappa shape index (κ3) is 19.1. The second-order valence-electron chi connectivity index (χ2n) is 23.1. The SMILES string of the molecule is CC(C)(C)OC(=O)N1CCN(c2cn(Cc3ccccn3)nc2-c2ccccc2)CC1.CC(C)(C)OC(=O)N1CCN(c2cn[nH]c2-c2ccccc2)CC1.Cl.ClCc1ccccn1.c1ccc(-c2nn(Cc3ccccn3)cc2N2CCNCC2)cc1. The molecule has 19 nitrogen and oxygen atoms in total. The quantitative estimate of drug-likeness (QED) is 0.117. The first kappa shape index (κ1) is 65.2. The third-order valence-corrected chi connectivity index (χ3v) is 14.5. The Labute approximate surface area is 528 Å². The Hall–Kier alpha value is -8.78. The number of nitrogens with zero attached hydrogens (tertiary/aromatic N) is 13. The summed E-state index contributed by atoms with van der Waals surface area (Å²) >= 11 is 5.46. The summed E-state index contributed by atoms with van der Waals surface area (Å²) < 4.78 is 14.9. The van der Waals surface area contributed by atoms with Crippen LogP contribution in [0.2, 0.25) is 0 Å². The van der Waals surface area contributed by atoms with Gasteiger partial charge in [0.2, 0.25) is 0 Å². The minimum atomic E-state index is -0.485. The molecule has 21 heteroatoms. The van der Waals surface area contributed by atoms with Crippen LogP contribution in [0, 0.1) is 0 Å². The van der Waals surface area contributed by atoms with Crippen molar-refractivity contribution in [2.75, 3.05) is 93.2 Å². The van der Waals surface area contributed by atoms with Gasteiger partial charge >= 0.3 is 12.2 Å². The van der Waals surface area contributed by atoms with E-state index in [-0.39, 0.29) is 24.6 Å². The number of aromatic nitrogens is 9. The molecule has 6 aromatic heterocycles. The van der Waals surface area contributed by atoms with Crippen molar-refractivity contribution >= 4 is 53.3 Å². The van der Waals surface area contributed by atoms with Gasteiger partial charge in [0.25, 0.3) is 0 Å². The second kappa shape index (κ2) is 31.7. The van der Waals surface area contributed by atoms with E-state index in [1.54, 1.807) is 22.2 Å². The predicted molar refractivity (Wildman–Crippen MR) is 352 cm³/mol. The van der Waals surface area contributed by atoms with E-state index in [0.29, 0.717) is 45.1 Å². The average molecular weight is 1230 g/mol.